The lowest BCUT2D eigenvalue weighted by Crippen LogP contribution is -2.62. The van der Waals surface area contributed by atoms with Crippen molar-refractivity contribution >= 4 is 52.8 Å². The first kappa shape index (κ1) is 52.7. The lowest BCUT2D eigenvalue weighted by molar-refractivity contribution is -0.155. The molecule has 71 heavy (non-hydrogen) atoms. The molecule has 16 nitrogen and oxygen atoms in total. The molecular formula is C55H74N8O8. The predicted octanol–water partition coefficient (Wildman–Crippen LogP) is 5.91. The van der Waals surface area contributed by atoms with Crippen molar-refractivity contribution in [2.24, 2.45) is 21.7 Å². The van der Waals surface area contributed by atoms with Crippen molar-refractivity contribution in [3.63, 3.8) is 0 Å². The van der Waals surface area contributed by atoms with E-state index < -0.39 is 46.7 Å². The molecule has 2 aromatic carbocycles. The zero-order valence-electron chi connectivity index (χ0n) is 43.1. The van der Waals surface area contributed by atoms with Crippen LogP contribution in [-0.4, -0.2) is 150 Å². The molecule has 3 fully saturated rings. The van der Waals surface area contributed by atoms with Crippen LogP contribution in [0.1, 0.15) is 84.0 Å². The number of ether oxygens (including phenoxy) is 2. The number of benzene rings is 2. The number of phenolic OH excluding ortho intramolecular Hbond substituents is 1. The maximum Gasteiger partial charge on any atom is 0.324 e. The summed E-state index contributed by atoms with van der Waals surface area (Å²) >= 11 is 0. The van der Waals surface area contributed by atoms with Gasteiger partial charge in [-0.05, 0) is 119 Å². The van der Waals surface area contributed by atoms with Crippen molar-refractivity contribution in [1.29, 1.82) is 0 Å². The number of nitrogens with one attached hydrogen (secondary N) is 2. The van der Waals surface area contributed by atoms with E-state index in [-0.39, 0.29) is 55.7 Å². The molecule has 5 atom stereocenters. The first-order chi connectivity index (χ1) is 33.8. The number of esters is 1. The molecule has 4 aliphatic rings. The lowest BCUT2D eigenvalue weighted by Gasteiger charge is -2.37. The number of phenols is 1. The van der Waals surface area contributed by atoms with Crippen LogP contribution in [0.25, 0.3) is 28.1 Å². The molecule has 1 aromatic heterocycles. The summed E-state index contributed by atoms with van der Waals surface area (Å²) in [6.07, 6.45) is 10.8. The van der Waals surface area contributed by atoms with Gasteiger partial charge in [-0.15, -0.1) is 0 Å². The maximum absolute atomic E-state index is 14.8. The Bertz CT molecular complexity index is 2610. The molecule has 6 bridgehead atoms. The number of nitrogens with zero attached hydrogens (tertiary/aromatic N) is 6. The summed E-state index contributed by atoms with van der Waals surface area (Å²) in [6.45, 7) is 18.4. The van der Waals surface area contributed by atoms with Crippen LogP contribution in [0.15, 0.2) is 71.9 Å². The van der Waals surface area contributed by atoms with Gasteiger partial charge in [0.25, 0.3) is 5.91 Å². The third-order valence-electron chi connectivity index (χ3n) is 14.5. The highest BCUT2D eigenvalue weighted by atomic mass is 16.5. The van der Waals surface area contributed by atoms with Crippen molar-refractivity contribution in [2.75, 3.05) is 60.5 Å². The number of amides is 4. The van der Waals surface area contributed by atoms with Gasteiger partial charge in [-0.25, -0.2) is 5.43 Å². The fraction of sp³-hybridized carbons (Fsp3) is 0.527. The number of methoxy groups -OCH3 is 1. The van der Waals surface area contributed by atoms with E-state index in [1.807, 2.05) is 58.0 Å². The topological polar surface area (TPSA) is 178 Å². The zero-order valence-corrected chi connectivity index (χ0v) is 43.1. The molecule has 3 saturated heterocycles. The number of aromatic hydroxyl groups is 1. The summed E-state index contributed by atoms with van der Waals surface area (Å²) in [6, 6.07) is 8.53. The fourth-order valence-corrected chi connectivity index (χ4v) is 10.7. The van der Waals surface area contributed by atoms with Gasteiger partial charge in [0.05, 0.1) is 23.8 Å². The number of likely N-dealkylation sites (tertiary alicyclic amines) is 2. The van der Waals surface area contributed by atoms with Gasteiger partial charge in [-0.1, -0.05) is 58.6 Å². The number of likely N-dealkylation sites (N-methyl/N-ethyl adjacent to an activating group) is 1. The lowest BCUT2D eigenvalue weighted by atomic mass is 9.85. The molecule has 4 aliphatic heterocycles. The fourth-order valence-electron chi connectivity index (χ4n) is 10.7. The number of aliphatic imine (C=N–C) groups is 1. The van der Waals surface area contributed by atoms with Crippen LogP contribution in [0, 0.1) is 16.7 Å². The van der Waals surface area contributed by atoms with Crippen molar-refractivity contribution in [2.45, 2.75) is 111 Å². The number of cyclic esters (lactones) is 1. The third kappa shape index (κ3) is 11.7. The maximum atomic E-state index is 14.8. The smallest absolute Gasteiger partial charge is 0.324 e. The standard InChI is InChI=1S/C55H74N8O8/c1-11-21-56-44(36(5)70-10)31-47-42-32-54(6,7)34-71-52(68)43-15-13-23-63(58-43)51(67)45(28-37-26-39(29-40(64)27-37)38-17-18-46(41(42)30-38)61(47)12-2)57-50(66)49(35(3)4)62-25-20-55(53(62)69)19-24-60(33-55)48(65)16-14-22-59(8)9/h11,14,16-18,21,26-27,29-31,35-36,43,45,49,58,64H,1,12-13,15,19-20,22-25,28,32-34H2,2-10H3,(H,57,66)/b16-14+,44-31+,56-21-/t36-,43-,45-,49-,55-/m0/s1. The molecule has 382 valence electrons. The Morgan fingerprint density at radius 2 is 1.83 bits per heavy atom. The van der Waals surface area contributed by atoms with Crippen molar-refractivity contribution in [1.82, 2.24) is 35.0 Å². The molecule has 0 aliphatic carbocycles. The SMILES string of the molecule is C=C/C=N\C(=C\c1c2c3cc(ccc3n1CC)-c1cc(O)cc(c1)C[C@H](NC(=O)[C@H](C(C)C)N1CC[C@]3(CCN(C(=O)/C=C/CN(C)C)C3)C1=O)C(=O)N1CCC[C@H](N1)C(=O)OCC(C)(C)C2)[C@H](C)OC. The van der Waals surface area contributed by atoms with Crippen LogP contribution >= 0.6 is 0 Å². The number of aromatic nitrogens is 1. The Balaban J connectivity index is 1.26. The number of carbonyl (C=O) groups is 5. The molecule has 4 amide bonds. The highest BCUT2D eigenvalue weighted by molar-refractivity contribution is 5.96. The van der Waals surface area contributed by atoms with Gasteiger partial charge >= 0.3 is 5.97 Å². The van der Waals surface area contributed by atoms with Crippen molar-refractivity contribution in [3.8, 4) is 16.9 Å². The molecule has 1 spiro atoms. The normalized spacial score (nSPS) is 23.1. The van der Waals surface area contributed by atoms with E-state index in [2.05, 4.69) is 60.9 Å². The van der Waals surface area contributed by atoms with Crippen LogP contribution in [0.4, 0.5) is 0 Å². The van der Waals surface area contributed by atoms with Gasteiger partial charge < -0.3 is 39.2 Å². The van der Waals surface area contributed by atoms with Crippen LogP contribution in [0.5, 0.6) is 5.75 Å². The monoisotopic (exact) mass is 975 g/mol. The molecule has 0 saturated carbocycles. The first-order valence-electron chi connectivity index (χ1n) is 25.1. The van der Waals surface area contributed by atoms with Crippen molar-refractivity contribution in [3.05, 3.63) is 83.7 Å². The second-order valence-electron chi connectivity index (χ2n) is 21.1. The number of rotatable bonds is 13. The molecule has 5 heterocycles. The van der Waals surface area contributed by atoms with Crippen molar-refractivity contribution < 1.29 is 38.6 Å². The molecule has 0 radical (unpaired) electrons. The predicted molar refractivity (Wildman–Crippen MR) is 276 cm³/mol. The van der Waals surface area contributed by atoms with Gasteiger partial charge in [-0.3, -0.25) is 34.0 Å². The summed E-state index contributed by atoms with van der Waals surface area (Å²) in [5, 5.41) is 16.8. The molecular weight excluding hydrogens is 901 g/mol. The number of carbonyl (C=O) groups excluding carboxylic acids is 5. The molecule has 3 N–H and O–H groups in total. The highest BCUT2D eigenvalue weighted by Gasteiger charge is 2.54. The Morgan fingerprint density at radius 3 is 2.54 bits per heavy atom. The van der Waals surface area contributed by atoms with Gasteiger partial charge in [-0.2, -0.15) is 0 Å². The minimum Gasteiger partial charge on any atom is -0.508 e. The Kier molecular flexibility index (Phi) is 16.4. The van der Waals surface area contributed by atoms with Crippen LogP contribution in [0.2, 0.25) is 0 Å². The molecule has 16 heteroatoms. The minimum atomic E-state index is -1.16. The molecule has 7 rings (SSSR count). The summed E-state index contributed by atoms with van der Waals surface area (Å²) in [4.78, 5) is 81.2. The summed E-state index contributed by atoms with van der Waals surface area (Å²) in [5.41, 5.74) is 7.60. The number of hydrazine groups is 1. The molecule has 3 aromatic rings. The average Bonchev–Trinajstić information content (AvgIpc) is 4.00. The Morgan fingerprint density at radius 1 is 1.07 bits per heavy atom. The van der Waals surface area contributed by atoms with Gasteiger partial charge in [0.15, 0.2) is 0 Å². The summed E-state index contributed by atoms with van der Waals surface area (Å²) in [5.74, 6) is -2.08. The number of hydrogen-bond acceptors (Lipinski definition) is 11. The summed E-state index contributed by atoms with van der Waals surface area (Å²) < 4.78 is 14.1. The van der Waals surface area contributed by atoms with E-state index in [9.17, 15) is 29.1 Å². The van der Waals surface area contributed by atoms with Crippen LogP contribution in [-0.2, 0) is 52.8 Å². The Labute approximate surface area is 418 Å². The quantitative estimate of drug-likeness (QED) is 0.106. The van der Waals surface area contributed by atoms with Gasteiger partial charge in [0.2, 0.25) is 17.7 Å². The highest BCUT2D eigenvalue weighted by Crippen LogP contribution is 2.43. The average molecular weight is 975 g/mol. The van der Waals surface area contributed by atoms with Gasteiger partial charge in [0, 0.05) is 87.1 Å². The van der Waals surface area contributed by atoms with Crippen LogP contribution < -0.4 is 10.7 Å². The summed E-state index contributed by atoms with van der Waals surface area (Å²) in [7, 11) is 5.49. The zero-order chi connectivity index (χ0) is 51.4. The molecule has 0 unspecified atom stereocenters. The largest absolute Gasteiger partial charge is 0.508 e. The van der Waals surface area contributed by atoms with E-state index >= 15 is 0 Å². The second-order valence-corrected chi connectivity index (χ2v) is 21.1. The van der Waals surface area contributed by atoms with Crippen LogP contribution in [0.3, 0.4) is 0 Å². The second kappa shape index (κ2) is 22.1. The third-order valence-corrected chi connectivity index (χ3v) is 14.5. The minimum absolute atomic E-state index is 0.00506. The first-order valence-corrected chi connectivity index (χ1v) is 25.1. The number of hydrogen-bond donors (Lipinski definition) is 3. The Hall–Kier alpha value is -6.10. The van der Waals surface area contributed by atoms with E-state index in [0.717, 1.165) is 27.7 Å². The number of fused-ring (bicyclic) bond motifs is 6. The number of aryl methyl sites for hydroxylation is 1. The van der Waals surface area contributed by atoms with E-state index in [1.165, 1.54) is 5.01 Å². The van der Waals surface area contributed by atoms with Gasteiger partial charge in [0.1, 0.15) is 23.9 Å². The number of allylic oxidation sites excluding steroid dienone is 1. The van der Waals surface area contributed by atoms with E-state index in [4.69, 9.17) is 14.5 Å². The van der Waals surface area contributed by atoms with E-state index in [0.29, 0.717) is 75.1 Å². The van der Waals surface area contributed by atoms with E-state index in [1.54, 1.807) is 47.4 Å².